The number of rotatable bonds is 5. The minimum Gasteiger partial charge on any atom is -0.385 e. The van der Waals surface area contributed by atoms with Crippen LogP contribution in [0.3, 0.4) is 0 Å². The second-order valence-corrected chi connectivity index (χ2v) is 3.85. The molecule has 3 nitrogen and oxygen atoms in total. The van der Waals surface area contributed by atoms with E-state index in [0.29, 0.717) is 29.5 Å². The number of halogens is 2. The third-order valence-electron chi connectivity index (χ3n) is 1.82. The number of Topliss-reactive ketones (excluding diaryl/α,β-unsaturated/α-hetero) is 1. The first-order valence-electron chi connectivity index (χ1n) is 4.48. The van der Waals surface area contributed by atoms with Crippen LogP contribution in [0.15, 0.2) is 12.3 Å². The zero-order chi connectivity index (χ0) is 11.3. The lowest BCUT2D eigenvalue weighted by Crippen LogP contribution is -2.04. The molecule has 0 aliphatic carbocycles. The first-order chi connectivity index (χ1) is 7.15. The molecule has 0 radical (unpaired) electrons. The molecule has 0 aliphatic rings. The molecule has 82 valence electrons. The molecule has 0 unspecified atom stereocenters. The van der Waals surface area contributed by atoms with Crippen LogP contribution in [0.4, 0.5) is 0 Å². The highest BCUT2D eigenvalue weighted by Gasteiger charge is 2.11. The van der Waals surface area contributed by atoms with Crippen LogP contribution in [0.5, 0.6) is 0 Å². The van der Waals surface area contributed by atoms with Crippen LogP contribution in [-0.2, 0) is 4.74 Å². The maximum absolute atomic E-state index is 11.6. The van der Waals surface area contributed by atoms with Gasteiger partial charge in [0.1, 0.15) is 5.69 Å². The molecule has 0 amide bonds. The normalized spacial score (nSPS) is 10.3. The van der Waals surface area contributed by atoms with Gasteiger partial charge < -0.3 is 4.74 Å². The smallest absolute Gasteiger partial charge is 0.182 e. The molecular weight excluding hydrogens is 237 g/mol. The van der Waals surface area contributed by atoms with Crippen LogP contribution in [0.1, 0.15) is 23.3 Å². The summed E-state index contributed by atoms with van der Waals surface area (Å²) in [5, 5.41) is 0.721. The van der Waals surface area contributed by atoms with E-state index < -0.39 is 0 Å². The van der Waals surface area contributed by atoms with E-state index in [1.807, 2.05) is 0 Å². The summed E-state index contributed by atoms with van der Waals surface area (Å²) in [5.74, 6) is -0.0892. The predicted molar refractivity (Wildman–Crippen MR) is 59.7 cm³/mol. The molecule has 0 saturated heterocycles. The van der Waals surface area contributed by atoms with Crippen molar-refractivity contribution < 1.29 is 9.53 Å². The van der Waals surface area contributed by atoms with Gasteiger partial charge >= 0.3 is 0 Å². The number of methoxy groups -OCH3 is 1. The molecule has 0 N–H and O–H groups in total. The largest absolute Gasteiger partial charge is 0.385 e. The minimum absolute atomic E-state index is 0.0892. The first-order valence-corrected chi connectivity index (χ1v) is 5.24. The monoisotopic (exact) mass is 247 g/mol. The number of hydrogen-bond donors (Lipinski definition) is 0. The molecule has 5 heteroatoms. The van der Waals surface area contributed by atoms with Gasteiger partial charge in [0.15, 0.2) is 5.78 Å². The van der Waals surface area contributed by atoms with E-state index in [0.717, 1.165) is 0 Å². The van der Waals surface area contributed by atoms with Crippen LogP contribution >= 0.6 is 23.2 Å². The molecule has 1 aromatic rings. The molecule has 15 heavy (non-hydrogen) atoms. The van der Waals surface area contributed by atoms with Gasteiger partial charge in [0, 0.05) is 26.3 Å². The molecule has 1 aromatic heterocycles. The molecule has 0 bridgehead atoms. The van der Waals surface area contributed by atoms with E-state index in [-0.39, 0.29) is 11.5 Å². The van der Waals surface area contributed by atoms with Crippen LogP contribution in [0.2, 0.25) is 10.0 Å². The Morgan fingerprint density at radius 3 is 2.87 bits per heavy atom. The molecule has 0 saturated carbocycles. The highest BCUT2D eigenvalue weighted by molar-refractivity contribution is 6.36. The summed E-state index contributed by atoms with van der Waals surface area (Å²) in [6.45, 7) is 0.553. The second kappa shape index (κ2) is 6.05. The zero-order valence-electron chi connectivity index (χ0n) is 8.30. The number of pyridine rings is 1. The maximum Gasteiger partial charge on any atom is 0.182 e. The van der Waals surface area contributed by atoms with Crippen molar-refractivity contribution in [3.8, 4) is 0 Å². The lowest BCUT2D eigenvalue weighted by molar-refractivity contribution is 0.0959. The van der Waals surface area contributed by atoms with Gasteiger partial charge in [0.25, 0.3) is 0 Å². The number of carbonyl (C=O) groups is 1. The third kappa shape index (κ3) is 3.78. The second-order valence-electron chi connectivity index (χ2n) is 3.00. The van der Waals surface area contributed by atoms with E-state index >= 15 is 0 Å². The number of ether oxygens (including phenoxy) is 1. The van der Waals surface area contributed by atoms with Gasteiger partial charge in [-0.3, -0.25) is 9.78 Å². The topological polar surface area (TPSA) is 39.2 Å². The number of carbonyl (C=O) groups excluding carboxylic acids is 1. The summed E-state index contributed by atoms with van der Waals surface area (Å²) in [7, 11) is 1.60. The summed E-state index contributed by atoms with van der Waals surface area (Å²) in [4.78, 5) is 15.5. The molecule has 0 spiro atoms. The number of nitrogens with zero attached hydrogens (tertiary/aromatic N) is 1. The van der Waals surface area contributed by atoms with Gasteiger partial charge in [-0.1, -0.05) is 23.2 Å². The molecule has 1 rings (SSSR count). The quantitative estimate of drug-likeness (QED) is 0.594. The Labute approximate surface area is 98.4 Å². The van der Waals surface area contributed by atoms with Crippen molar-refractivity contribution in [3.63, 3.8) is 0 Å². The molecule has 1 heterocycles. The Morgan fingerprint density at radius 2 is 2.27 bits per heavy atom. The van der Waals surface area contributed by atoms with Crippen molar-refractivity contribution in [2.24, 2.45) is 0 Å². The van der Waals surface area contributed by atoms with Gasteiger partial charge in [0.2, 0.25) is 0 Å². The lowest BCUT2D eigenvalue weighted by atomic mass is 10.1. The van der Waals surface area contributed by atoms with Crippen molar-refractivity contribution in [3.05, 3.63) is 28.0 Å². The van der Waals surface area contributed by atoms with Crippen LogP contribution < -0.4 is 0 Å². The SMILES string of the molecule is COCCCC(=O)c1ncc(Cl)cc1Cl. The molecular formula is C10H11Cl2NO2. The molecule has 0 aliphatic heterocycles. The molecule has 0 atom stereocenters. The van der Waals surface area contributed by atoms with E-state index in [1.165, 1.54) is 12.3 Å². The van der Waals surface area contributed by atoms with Crippen molar-refractivity contribution in [1.29, 1.82) is 0 Å². The average Bonchev–Trinajstić information content (AvgIpc) is 2.17. The van der Waals surface area contributed by atoms with Crippen molar-refractivity contribution in [1.82, 2.24) is 4.98 Å². The van der Waals surface area contributed by atoms with E-state index in [1.54, 1.807) is 7.11 Å². The van der Waals surface area contributed by atoms with E-state index in [4.69, 9.17) is 27.9 Å². The number of aromatic nitrogens is 1. The fraction of sp³-hybridized carbons (Fsp3) is 0.400. The summed E-state index contributed by atoms with van der Waals surface area (Å²) in [5.41, 5.74) is 0.275. The van der Waals surface area contributed by atoms with Gasteiger partial charge in [-0.05, 0) is 12.5 Å². The fourth-order valence-electron chi connectivity index (χ4n) is 1.12. The lowest BCUT2D eigenvalue weighted by Gasteiger charge is -2.02. The summed E-state index contributed by atoms with van der Waals surface area (Å²) >= 11 is 11.5. The molecule has 0 fully saturated rings. The standard InChI is InChI=1S/C10H11Cl2NO2/c1-15-4-2-3-9(14)10-8(12)5-7(11)6-13-10/h5-6H,2-4H2,1H3. The highest BCUT2D eigenvalue weighted by Crippen LogP contribution is 2.19. The van der Waals surface area contributed by atoms with Crippen molar-refractivity contribution in [2.75, 3.05) is 13.7 Å². The Kier molecular flexibility index (Phi) is 5.02. The fourth-order valence-corrected chi connectivity index (χ4v) is 1.60. The Morgan fingerprint density at radius 1 is 1.53 bits per heavy atom. The zero-order valence-corrected chi connectivity index (χ0v) is 9.81. The van der Waals surface area contributed by atoms with Crippen molar-refractivity contribution in [2.45, 2.75) is 12.8 Å². The van der Waals surface area contributed by atoms with Crippen LogP contribution in [0, 0.1) is 0 Å². The van der Waals surface area contributed by atoms with Gasteiger partial charge in [0.05, 0.1) is 10.0 Å². The van der Waals surface area contributed by atoms with E-state index in [9.17, 15) is 4.79 Å². The van der Waals surface area contributed by atoms with Crippen LogP contribution in [-0.4, -0.2) is 24.5 Å². The number of ketones is 1. The first kappa shape index (κ1) is 12.4. The van der Waals surface area contributed by atoms with Gasteiger partial charge in [-0.25, -0.2) is 0 Å². The van der Waals surface area contributed by atoms with Gasteiger partial charge in [-0.2, -0.15) is 0 Å². The summed E-state index contributed by atoms with van der Waals surface area (Å²) in [6, 6.07) is 1.51. The van der Waals surface area contributed by atoms with Crippen molar-refractivity contribution >= 4 is 29.0 Å². The Balaban J connectivity index is 2.65. The molecule has 0 aromatic carbocycles. The summed E-state index contributed by atoms with van der Waals surface area (Å²) < 4.78 is 4.85. The maximum atomic E-state index is 11.6. The summed E-state index contributed by atoms with van der Waals surface area (Å²) in [6.07, 6.45) is 2.45. The Bertz CT molecular complexity index is 355. The minimum atomic E-state index is -0.0892. The third-order valence-corrected chi connectivity index (χ3v) is 2.32. The van der Waals surface area contributed by atoms with Gasteiger partial charge in [-0.15, -0.1) is 0 Å². The van der Waals surface area contributed by atoms with Crippen LogP contribution in [0.25, 0.3) is 0 Å². The number of hydrogen-bond acceptors (Lipinski definition) is 3. The highest BCUT2D eigenvalue weighted by atomic mass is 35.5. The Hall–Kier alpha value is -0.640. The van der Waals surface area contributed by atoms with E-state index in [2.05, 4.69) is 4.98 Å². The average molecular weight is 248 g/mol. The predicted octanol–water partition coefficient (Wildman–Crippen LogP) is 3.00.